The van der Waals surface area contributed by atoms with Gasteiger partial charge in [-0.3, -0.25) is 0 Å². The summed E-state index contributed by atoms with van der Waals surface area (Å²) in [5.41, 5.74) is 0. The van der Waals surface area contributed by atoms with E-state index in [4.69, 9.17) is 0 Å². The van der Waals surface area contributed by atoms with E-state index < -0.39 is 0 Å². The van der Waals surface area contributed by atoms with Crippen molar-refractivity contribution in [2.45, 2.75) is 38.5 Å². The van der Waals surface area contributed by atoms with Crippen LogP contribution in [0.25, 0.3) is 0 Å². The molecule has 0 atom stereocenters. The fourth-order valence-corrected chi connectivity index (χ4v) is 4.19. The van der Waals surface area contributed by atoms with Crippen molar-refractivity contribution in [2.24, 2.45) is 23.7 Å². The lowest BCUT2D eigenvalue weighted by Gasteiger charge is -2.49. The third-order valence-corrected chi connectivity index (χ3v) is 4.41. The molecule has 0 aromatic carbocycles. The Kier molecular flexibility index (Phi) is 2.85. The molecular weight excluding hydrogens is 198 g/mol. The van der Waals surface area contributed by atoms with Gasteiger partial charge in [0.25, 0.3) is 0 Å². The van der Waals surface area contributed by atoms with Crippen LogP contribution in [-0.4, -0.2) is 15.4 Å². The highest BCUT2D eigenvalue weighted by molar-refractivity contribution is 4.92. The molecule has 0 N–H and O–H groups in total. The van der Waals surface area contributed by atoms with Gasteiger partial charge in [-0.25, -0.2) is 0 Å². The minimum atomic E-state index is 1.18. The van der Waals surface area contributed by atoms with Crippen LogP contribution in [0.3, 0.4) is 0 Å². The molecule has 4 saturated carbocycles. The average Bonchev–Trinajstić information content (AvgIpc) is 2.30. The summed E-state index contributed by atoms with van der Waals surface area (Å²) in [6.45, 7) is 0. The maximum absolute atomic E-state index is 3.42. The molecule has 86 valence electrons. The highest BCUT2D eigenvalue weighted by Crippen LogP contribution is 2.53. The van der Waals surface area contributed by atoms with E-state index in [1.54, 1.807) is 57.0 Å². The van der Waals surface area contributed by atoms with Crippen molar-refractivity contribution in [3.8, 4) is 0 Å². The van der Waals surface area contributed by atoms with Gasteiger partial charge < -0.3 is 0 Å². The molecule has 0 amide bonds. The van der Waals surface area contributed by atoms with Gasteiger partial charge in [-0.2, -0.15) is 0 Å². The smallest absolute Gasteiger partial charge is 0.0529 e. The normalized spacial score (nSPS) is 39.0. The van der Waals surface area contributed by atoms with Crippen molar-refractivity contribution in [1.82, 2.24) is 15.4 Å². The largest absolute Gasteiger partial charge is 0.139 e. The Bertz CT molecular complexity index is 242. The first-order valence-electron chi connectivity index (χ1n) is 6.48. The van der Waals surface area contributed by atoms with E-state index >= 15 is 0 Å². The Balaban J connectivity index is 0.000000117. The highest BCUT2D eigenvalue weighted by atomic mass is 15.3. The second-order valence-corrected chi connectivity index (χ2v) is 5.69. The molecule has 4 aliphatic carbocycles. The minimum Gasteiger partial charge on any atom is -0.139 e. The Morgan fingerprint density at radius 2 is 1.00 bits per heavy atom. The van der Waals surface area contributed by atoms with Crippen LogP contribution in [0.2, 0.25) is 0 Å². The molecule has 4 bridgehead atoms. The fourth-order valence-electron chi connectivity index (χ4n) is 4.19. The third kappa shape index (κ3) is 2.23. The summed E-state index contributed by atoms with van der Waals surface area (Å²) in [4.78, 5) is 0. The molecule has 0 aliphatic heterocycles. The Morgan fingerprint density at radius 1 is 0.625 bits per heavy atom. The van der Waals surface area contributed by atoms with Crippen LogP contribution < -0.4 is 0 Å². The standard InChI is InChI=1S/C10H16.C3H3N3/c1-7-2-9-4-8(1)5-10(3-7)6-9;1-2-4-6-5-3-1/h7-10H,1-6H2;1-3H. The van der Waals surface area contributed by atoms with Crippen LogP contribution in [0.5, 0.6) is 0 Å². The van der Waals surface area contributed by atoms with Crippen LogP contribution >= 0.6 is 0 Å². The van der Waals surface area contributed by atoms with Gasteiger partial charge in [-0.15, -0.1) is 10.2 Å². The van der Waals surface area contributed by atoms with Crippen LogP contribution in [-0.2, 0) is 0 Å². The van der Waals surface area contributed by atoms with Crippen molar-refractivity contribution in [2.75, 3.05) is 0 Å². The molecule has 0 unspecified atom stereocenters. The predicted molar refractivity (Wildman–Crippen MR) is 61.5 cm³/mol. The van der Waals surface area contributed by atoms with Crippen molar-refractivity contribution < 1.29 is 0 Å². The van der Waals surface area contributed by atoms with Gasteiger partial charge in [0, 0.05) is 0 Å². The summed E-state index contributed by atoms with van der Waals surface area (Å²) in [5, 5.41) is 10.1. The molecule has 0 saturated heterocycles. The maximum atomic E-state index is 3.42. The molecule has 0 radical (unpaired) electrons. The average molecular weight is 217 g/mol. The molecule has 5 rings (SSSR count). The number of hydrogen-bond donors (Lipinski definition) is 0. The minimum absolute atomic E-state index is 1.18. The van der Waals surface area contributed by atoms with Gasteiger partial charge in [0.15, 0.2) is 0 Å². The lowest BCUT2D eigenvalue weighted by Crippen LogP contribution is -2.38. The molecule has 1 aromatic rings. The molecule has 4 fully saturated rings. The molecule has 16 heavy (non-hydrogen) atoms. The molecule has 0 spiro atoms. The Labute approximate surface area is 96.7 Å². The third-order valence-electron chi connectivity index (χ3n) is 4.41. The van der Waals surface area contributed by atoms with Crippen LogP contribution in [0, 0.1) is 23.7 Å². The van der Waals surface area contributed by atoms with E-state index in [1.807, 2.05) is 0 Å². The van der Waals surface area contributed by atoms with E-state index in [1.165, 1.54) is 23.7 Å². The van der Waals surface area contributed by atoms with Crippen LogP contribution in [0.1, 0.15) is 38.5 Å². The van der Waals surface area contributed by atoms with E-state index in [-0.39, 0.29) is 0 Å². The summed E-state index contributed by atoms with van der Waals surface area (Å²) in [7, 11) is 0. The predicted octanol–water partition coefficient (Wildman–Crippen LogP) is 2.70. The second-order valence-electron chi connectivity index (χ2n) is 5.69. The molecule has 1 heterocycles. The number of aromatic nitrogens is 3. The lowest BCUT2D eigenvalue weighted by molar-refractivity contribution is 0.0198. The first-order chi connectivity index (χ1) is 7.90. The molecule has 4 aliphatic rings. The highest BCUT2D eigenvalue weighted by Gasteiger charge is 2.41. The van der Waals surface area contributed by atoms with Crippen molar-refractivity contribution in [1.29, 1.82) is 0 Å². The van der Waals surface area contributed by atoms with Gasteiger partial charge in [0.1, 0.15) is 0 Å². The maximum Gasteiger partial charge on any atom is 0.0529 e. The number of hydrogen-bond acceptors (Lipinski definition) is 3. The summed E-state index contributed by atoms with van der Waals surface area (Å²) in [5.74, 6) is 4.71. The quantitative estimate of drug-likeness (QED) is 0.670. The Morgan fingerprint density at radius 3 is 1.19 bits per heavy atom. The monoisotopic (exact) mass is 217 g/mol. The summed E-state index contributed by atoms with van der Waals surface area (Å²) >= 11 is 0. The lowest BCUT2D eigenvalue weighted by atomic mass is 9.56. The molecular formula is C13H19N3. The summed E-state index contributed by atoms with van der Waals surface area (Å²) in [6.07, 6.45) is 12.8. The SMILES string of the molecule is C1C2CC3CC1CC(C2)C3.c1cnnnc1. The topological polar surface area (TPSA) is 38.7 Å². The van der Waals surface area contributed by atoms with E-state index in [0.717, 1.165) is 0 Å². The van der Waals surface area contributed by atoms with Crippen LogP contribution in [0.4, 0.5) is 0 Å². The van der Waals surface area contributed by atoms with Crippen LogP contribution in [0.15, 0.2) is 18.5 Å². The zero-order chi connectivity index (χ0) is 10.8. The van der Waals surface area contributed by atoms with Gasteiger partial charge >= 0.3 is 0 Å². The van der Waals surface area contributed by atoms with Gasteiger partial charge in [0.05, 0.1) is 12.4 Å². The number of nitrogens with zero attached hydrogens (tertiary/aromatic N) is 3. The van der Waals surface area contributed by atoms with Crippen molar-refractivity contribution >= 4 is 0 Å². The molecule has 3 heteroatoms. The Hall–Kier alpha value is -0.990. The van der Waals surface area contributed by atoms with Crippen molar-refractivity contribution in [3.05, 3.63) is 18.5 Å². The number of rotatable bonds is 0. The summed E-state index contributed by atoms with van der Waals surface area (Å²) in [6, 6.07) is 1.72. The molecule has 1 aromatic heterocycles. The first kappa shape index (κ1) is 10.2. The second kappa shape index (κ2) is 4.48. The fraction of sp³-hybridized carbons (Fsp3) is 0.769. The van der Waals surface area contributed by atoms with Gasteiger partial charge in [-0.05, 0) is 73.5 Å². The van der Waals surface area contributed by atoms with Gasteiger partial charge in [0.2, 0.25) is 0 Å². The van der Waals surface area contributed by atoms with Gasteiger partial charge in [-0.1, -0.05) is 0 Å². The zero-order valence-electron chi connectivity index (χ0n) is 9.63. The van der Waals surface area contributed by atoms with Crippen molar-refractivity contribution in [3.63, 3.8) is 0 Å². The van der Waals surface area contributed by atoms with E-state index in [9.17, 15) is 0 Å². The molecule has 3 nitrogen and oxygen atoms in total. The van der Waals surface area contributed by atoms with E-state index in [2.05, 4.69) is 15.4 Å². The summed E-state index contributed by atoms with van der Waals surface area (Å²) < 4.78 is 0. The zero-order valence-corrected chi connectivity index (χ0v) is 9.63. The first-order valence-corrected chi connectivity index (χ1v) is 6.48. The van der Waals surface area contributed by atoms with E-state index in [0.29, 0.717) is 0 Å².